The lowest BCUT2D eigenvalue weighted by molar-refractivity contribution is -0.397. The van der Waals surface area contributed by atoms with Crippen molar-refractivity contribution >= 4 is 5.97 Å². The lowest BCUT2D eigenvalue weighted by Gasteiger charge is -2.71. The summed E-state index contributed by atoms with van der Waals surface area (Å²) in [4.78, 5) is 13.0. The fraction of sp³-hybridized carbons (Fsp3) is 0.723. The predicted octanol–water partition coefficient (Wildman–Crippen LogP) is 0.456. The second kappa shape index (κ2) is 20.3. The van der Waals surface area contributed by atoms with E-state index in [2.05, 4.69) is 5.32 Å². The Morgan fingerprint density at radius 3 is 2.05 bits per heavy atom. The molecule has 11 N–H and O–H groups in total. The van der Waals surface area contributed by atoms with Crippen molar-refractivity contribution in [2.45, 2.75) is 165 Å². The third-order valence-electron chi connectivity index (χ3n) is 14.5. The minimum Gasteiger partial charge on any atom is -0.454 e. The lowest BCUT2D eigenvalue weighted by Crippen LogP contribution is -2.83. The van der Waals surface area contributed by atoms with Crippen molar-refractivity contribution in [3.05, 3.63) is 71.8 Å². The molecule has 2 bridgehead atoms. The minimum absolute atomic E-state index is 0.108. The standard InChI is InChI=1S/C47H71NO18/c1-24-28(62-41(57)36(63-32(53)22-60-21-31(51)52)34(26-15-11-9-12-16-26)48-42(58)66-43(3,4)5)20-47(59)39(64-40(56)27-17-13-10-14-18-27)37-45(8,38(55)35(54)33(24)44(47,6)7)29(50)19-30-46(37,23-61-30)65-25(2)49/h9-18,24,28-42,48,50-59H,19-23H2,1-8H3/t24?,28-,29?,30?,32?,33?,34?,35?,36+,37-,38?,39-,40?,41?,42?,45?,46-,47?/m0/s1. The van der Waals surface area contributed by atoms with Gasteiger partial charge < -0.3 is 84.2 Å². The van der Waals surface area contributed by atoms with E-state index in [-0.39, 0.29) is 13.0 Å². The molecule has 66 heavy (non-hydrogen) atoms. The number of hydrogen-bond donors (Lipinski definition) is 11. The van der Waals surface area contributed by atoms with Gasteiger partial charge >= 0.3 is 5.97 Å². The highest BCUT2D eigenvalue weighted by Crippen LogP contribution is 2.66. The Balaban J connectivity index is 1.48. The Bertz CT molecular complexity index is 1890. The van der Waals surface area contributed by atoms with Gasteiger partial charge in [-0.1, -0.05) is 88.4 Å². The first-order valence-electron chi connectivity index (χ1n) is 22.5. The molecule has 1 aliphatic heterocycles. The highest BCUT2D eigenvalue weighted by Gasteiger charge is 2.78. The number of ether oxygens (including phenoxy) is 7. The normalized spacial score (nSPS) is 36.9. The molecule has 19 nitrogen and oxygen atoms in total. The summed E-state index contributed by atoms with van der Waals surface area (Å²) in [5.74, 6) is -4.04. The monoisotopic (exact) mass is 937 g/mol. The van der Waals surface area contributed by atoms with E-state index in [0.717, 1.165) is 0 Å². The van der Waals surface area contributed by atoms with E-state index >= 15 is 0 Å². The van der Waals surface area contributed by atoms with E-state index in [9.17, 15) is 55.9 Å². The SMILES string of the molecule is CC(=O)O[C@@]12COC1CC(O)C1(C)C(O)C(O)C3C(C)[C@@H](OC(O)[C@H](OC(O)COCC(O)O)C(NC(O)OC(C)(C)C)c4ccccc4)CC(O)([C@@H](OC(O)c4ccccc4)[C@@H]12)C3(C)C. The molecular formula is C47H71NO18. The molecule has 0 amide bonds. The highest BCUT2D eigenvalue weighted by molar-refractivity contribution is 5.67. The molecule has 19 heteroatoms. The van der Waals surface area contributed by atoms with Gasteiger partial charge in [-0.2, -0.15) is 0 Å². The van der Waals surface area contributed by atoms with Crippen molar-refractivity contribution < 1.29 is 89.0 Å². The van der Waals surface area contributed by atoms with Gasteiger partial charge in [0, 0.05) is 48.0 Å². The zero-order chi connectivity index (χ0) is 48.7. The number of rotatable bonds is 18. The van der Waals surface area contributed by atoms with Crippen LogP contribution in [-0.4, -0.2) is 162 Å². The van der Waals surface area contributed by atoms with Crippen LogP contribution >= 0.6 is 0 Å². The van der Waals surface area contributed by atoms with Crippen molar-refractivity contribution in [1.29, 1.82) is 0 Å². The molecule has 0 spiro atoms. The highest BCUT2D eigenvalue weighted by atomic mass is 16.7. The third kappa shape index (κ3) is 10.2. The molecule has 0 radical (unpaired) electrons. The number of aliphatic hydroxyl groups is 10. The van der Waals surface area contributed by atoms with Gasteiger partial charge in [-0.05, 0) is 32.3 Å². The van der Waals surface area contributed by atoms with Crippen LogP contribution in [0.25, 0.3) is 0 Å². The van der Waals surface area contributed by atoms with Gasteiger partial charge in [-0.3, -0.25) is 10.1 Å². The van der Waals surface area contributed by atoms with E-state index < -0.39 is 151 Å². The molecular weight excluding hydrogens is 867 g/mol. The van der Waals surface area contributed by atoms with Gasteiger partial charge in [-0.15, -0.1) is 0 Å². The Kier molecular flexibility index (Phi) is 16.2. The second-order valence-corrected chi connectivity index (χ2v) is 20.2. The van der Waals surface area contributed by atoms with Crippen molar-refractivity contribution in [1.82, 2.24) is 5.32 Å². The van der Waals surface area contributed by atoms with Crippen molar-refractivity contribution in [3.8, 4) is 0 Å². The molecule has 4 aliphatic rings. The number of carbonyl (C=O) groups is 1. The summed E-state index contributed by atoms with van der Waals surface area (Å²) >= 11 is 0. The summed E-state index contributed by atoms with van der Waals surface area (Å²) in [5, 5.41) is 119. The molecule has 0 aromatic heterocycles. The molecule has 3 aliphatic carbocycles. The lowest BCUT2D eigenvalue weighted by atomic mass is 9.42. The molecule has 1 saturated heterocycles. The van der Waals surface area contributed by atoms with Crippen LogP contribution < -0.4 is 5.32 Å². The van der Waals surface area contributed by atoms with E-state index in [1.165, 1.54) is 13.8 Å². The molecule has 4 fully saturated rings. The molecule has 1 heterocycles. The van der Waals surface area contributed by atoms with E-state index in [1.807, 2.05) is 0 Å². The average molecular weight is 938 g/mol. The predicted molar refractivity (Wildman–Crippen MR) is 231 cm³/mol. The maximum absolute atomic E-state index is 13.8. The number of fused-ring (bicyclic) bond motifs is 5. The van der Waals surface area contributed by atoms with Crippen molar-refractivity contribution in [3.63, 3.8) is 0 Å². The van der Waals surface area contributed by atoms with Crippen LogP contribution in [0, 0.1) is 28.6 Å². The van der Waals surface area contributed by atoms with Crippen LogP contribution in [0.2, 0.25) is 0 Å². The molecule has 372 valence electrons. The topological polar surface area (TPSA) is 296 Å². The second-order valence-electron chi connectivity index (χ2n) is 20.2. The maximum atomic E-state index is 13.8. The van der Waals surface area contributed by atoms with E-state index in [4.69, 9.17) is 33.2 Å². The van der Waals surface area contributed by atoms with Gasteiger partial charge in [-0.25, -0.2) is 0 Å². The van der Waals surface area contributed by atoms with Crippen LogP contribution in [0.1, 0.15) is 91.7 Å². The molecule has 3 saturated carbocycles. The maximum Gasteiger partial charge on any atom is 0.303 e. The summed E-state index contributed by atoms with van der Waals surface area (Å²) < 4.78 is 42.2. The first kappa shape index (κ1) is 52.6. The van der Waals surface area contributed by atoms with E-state index in [0.29, 0.717) is 11.1 Å². The first-order chi connectivity index (χ1) is 30.8. The summed E-state index contributed by atoms with van der Waals surface area (Å²) in [6, 6.07) is 15.5. The number of hydrogen-bond acceptors (Lipinski definition) is 19. The van der Waals surface area contributed by atoms with Crippen LogP contribution in [-0.2, 0) is 38.0 Å². The zero-order valence-corrected chi connectivity index (χ0v) is 38.8. The minimum atomic E-state index is -2.23. The largest absolute Gasteiger partial charge is 0.454 e. The molecule has 2 aromatic carbocycles. The number of esters is 1. The molecule has 6 rings (SSSR count). The van der Waals surface area contributed by atoms with Crippen LogP contribution in [0.4, 0.5) is 0 Å². The van der Waals surface area contributed by atoms with Crippen molar-refractivity contribution in [2.75, 3.05) is 19.8 Å². The average Bonchev–Trinajstić information content (AvgIpc) is 3.23. The Hall–Kier alpha value is -2.77. The number of carbonyl (C=O) groups excluding carboxylic acids is 1. The van der Waals surface area contributed by atoms with Gasteiger partial charge in [0.15, 0.2) is 30.8 Å². The fourth-order valence-electron chi connectivity index (χ4n) is 11.3. The summed E-state index contributed by atoms with van der Waals surface area (Å²) in [5.41, 5.74) is -7.26. The smallest absolute Gasteiger partial charge is 0.303 e. The van der Waals surface area contributed by atoms with Gasteiger partial charge in [0.1, 0.15) is 12.2 Å². The fourth-order valence-corrected chi connectivity index (χ4v) is 11.3. The van der Waals surface area contributed by atoms with Crippen LogP contribution in [0.3, 0.4) is 0 Å². The number of aliphatic hydroxyl groups excluding tert-OH is 8. The summed E-state index contributed by atoms with van der Waals surface area (Å²) in [7, 11) is 0. The number of benzene rings is 2. The van der Waals surface area contributed by atoms with Crippen molar-refractivity contribution in [2.24, 2.45) is 28.6 Å². The van der Waals surface area contributed by atoms with Gasteiger partial charge in [0.25, 0.3) is 0 Å². The first-order valence-corrected chi connectivity index (χ1v) is 22.5. The Labute approximate surface area is 385 Å². The third-order valence-corrected chi connectivity index (χ3v) is 14.5. The summed E-state index contributed by atoms with van der Waals surface area (Å²) in [6.45, 7) is 11.5. The summed E-state index contributed by atoms with van der Waals surface area (Å²) in [6.07, 6.45) is -20.1. The molecule has 13 unspecified atom stereocenters. The van der Waals surface area contributed by atoms with Crippen LogP contribution in [0.15, 0.2) is 60.7 Å². The molecule has 2 aromatic rings. The van der Waals surface area contributed by atoms with Gasteiger partial charge in [0.05, 0.1) is 67.6 Å². The molecule has 18 atom stereocenters. The zero-order valence-electron chi connectivity index (χ0n) is 38.8. The van der Waals surface area contributed by atoms with Gasteiger partial charge in [0.2, 0.25) is 6.41 Å². The quantitative estimate of drug-likeness (QED) is 0.0715. The van der Waals surface area contributed by atoms with Crippen LogP contribution in [0.5, 0.6) is 0 Å². The van der Waals surface area contributed by atoms with E-state index in [1.54, 1.807) is 102 Å². The number of nitrogens with one attached hydrogen (secondary N) is 1. The Morgan fingerprint density at radius 2 is 1.50 bits per heavy atom. The Morgan fingerprint density at radius 1 is 0.894 bits per heavy atom.